The molecule has 1 N–H and O–H groups in total. The third kappa shape index (κ3) is 4.72. The van der Waals surface area contributed by atoms with Gasteiger partial charge < -0.3 is 4.74 Å². The van der Waals surface area contributed by atoms with Gasteiger partial charge in [0.25, 0.3) is 5.91 Å². The molecule has 110 valence electrons. The van der Waals surface area contributed by atoms with Crippen molar-refractivity contribution in [3.05, 3.63) is 52.2 Å². The Labute approximate surface area is 128 Å². The predicted octanol–water partition coefficient (Wildman–Crippen LogP) is 3.40. The Hall–Kier alpha value is -2.14. The third-order valence-corrected chi connectivity index (χ3v) is 3.63. The molecule has 0 aliphatic carbocycles. The molecule has 0 unspecified atom stereocenters. The molecule has 0 radical (unpaired) electrons. The van der Waals surface area contributed by atoms with Crippen LogP contribution in [0.15, 0.2) is 46.9 Å². The molecule has 2 aromatic rings. The van der Waals surface area contributed by atoms with Gasteiger partial charge in [0.15, 0.2) is 6.61 Å². The van der Waals surface area contributed by atoms with Crippen LogP contribution < -0.4 is 10.2 Å². The highest BCUT2D eigenvalue weighted by Gasteiger charge is 2.08. The number of thiophene rings is 1. The second-order valence-corrected chi connectivity index (χ2v) is 5.77. The molecule has 0 saturated carbocycles. The molecule has 21 heavy (non-hydrogen) atoms. The molecule has 0 atom stereocenters. The van der Waals surface area contributed by atoms with Gasteiger partial charge in [-0.15, -0.1) is 11.3 Å². The van der Waals surface area contributed by atoms with Crippen LogP contribution in [0.2, 0.25) is 0 Å². The number of benzene rings is 1. The Morgan fingerprint density at radius 1 is 1.33 bits per heavy atom. The average Bonchev–Trinajstić information content (AvgIpc) is 2.98. The number of nitrogens with one attached hydrogen (secondary N) is 1. The van der Waals surface area contributed by atoms with Crippen LogP contribution in [0.25, 0.3) is 0 Å². The summed E-state index contributed by atoms with van der Waals surface area (Å²) in [6.45, 7) is 4.13. The minimum atomic E-state index is -0.277. The molecule has 0 saturated heterocycles. The maximum absolute atomic E-state index is 11.7. The number of hydrazone groups is 1. The first kappa shape index (κ1) is 15.3. The van der Waals surface area contributed by atoms with Crippen LogP contribution in [0.1, 0.15) is 30.2 Å². The van der Waals surface area contributed by atoms with Crippen molar-refractivity contribution in [2.45, 2.75) is 19.8 Å². The maximum Gasteiger partial charge on any atom is 0.277 e. The number of ether oxygens (including phenoxy) is 1. The molecule has 5 heteroatoms. The summed E-state index contributed by atoms with van der Waals surface area (Å²) in [5.74, 6) is 0.812. The van der Waals surface area contributed by atoms with Crippen molar-refractivity contribution >= 4 is 23.5 Å². The van der Waals surface area contributed by atoms with Gasteiger partial charge in [0.05, 0.1) is 6.21 Å². The zero-order valence-corrected chi connectivity index (χ0v) is 12.9. The second-order valence-electron chi connectivity index (χ2n) is 4.79. The van der Waals surface area contributed by atoms with Gasteiger partial charge in [-0.3, -0.25) is 4.79 Å². The summed E-state index contributed by atoms with van der Waals surface area (Å²) in [6, 6.07) is 11.6. The largest absolute Gasteiger partial charge is 0.483 e. The van der Waals surface area contributed by atoms with E-state index in [0.29, 0.717) is 5.92 Å². The van der Waals surface area contributed by atoms with E-state index in [0.717, 1.165) is 16.2 Å². The Morgan fingerprint density at radius 2 is 2.14 bits per heavy atom. The van der Waals surface area contributed by atoms with Crippen molar-refractivity contribution in [2.24, 2.45) is 5.10 Å². The highest BCUT2D eigenvalue weighted by molar-refractivity contribution is 7.11. The molecule has 4 nitrogen and oxygen atoms in total. The molecule has 0 aliphatic rings. The number of nitrogens with zero attached hydrogens (tertiary/aromatic N) is 1. The van der Waals surface area contributed by atoms with Crippen LogP contribution in [-0.4, -0.2) is 18.7 Å². The fourth-order valence-electron chi connectivity index (χ4n) is 1.80. The lowest BCUT2D eigenvalue weighted by molar-refractivity contribution is -0.123. The molecule has 1 aromatic heterocycles. The van der Waals surface area contributed by atoms with Gasteiger partial charge in [-0.2, -0.15) is 5.10 Å². The zero-order valence-electron chi connectivity index (χ0n) is 12.1. The quantitative estimate of drug-likeness (QED) is 0.657. The van der Waals surface area contributed by atoms with E-state index in [4.69, 9.17) is 4.74 Å². The highest BCUT2D eigenvalue weighted by Crippen LogP contribution is 2.25. The highest BCUT2D eigenvalue weighted by atomic mass is 32.1. The van der Waals surface area contributed by atoms with Crippen molar-refractivity contribution < 1.29 is 9.53 Å². The standard InChI is InChI=1S/C16H18N2O2S/c1-12(2)14-7-3-4-8-15(14)20-11-16(19)18-17-10-13-6-5-9-21-13/h3-10,12H,11H2,1-2H3,(H,18,19)/b17-10+. The van der Waals surface area contributed by atoms with Gasteiger partial charge in [0.1, 0.15) is 5.75 Å². The predicted molar refractivity (Wildman–Crippen MR) is 86.1 cm³/mol. The average molecular weight is 302 g/mol. The Balaban J connectivity index is 1.84. The first-order valence-electron chi connectivity index (χ1n) is 6.74. The number of carbonyl (C=O) groups is 1. The molecular formula is C16H18N2O2S. The SMILES string of the molecule is CC(C)c1ccccc1OCC(=O)N/N=C/c1cccs1. The molecule has 2 rings (SSSR count). The van der Waals surface area contributed by atoms with E-state index in [9.17, 15) is 4.79 Å². The summed E-state index contributed by atoms with van der Waals surface area (Å²) in [6.07, 6.45) is 1.62. The van der Waals surface area contributed by atoms with E-state index in [-0.39, 0.29) is 12.5 Å². The number of hydrogen-bond donors (Lipinski definition) is 1. The molecule has 0 aliphatic heterocycles. The van der Waals surface area contributed by atoms with E-state index >= 15 is 0 Å². The smallest absolute Gasteiger partial charge is 0.277 e. The first-order chi connectivity index (χ1) is 10.2. The number of para-hydroxylation sites is 1. The van der Waals surface area contributed by atoms with Crippen molar-refractivity contribution in [1.82, 2.24) is 5.43 Å². The van der Waals surface area contributed by atoms with Crippen LogP contribution >= 0.6 is 11.3 Å². The Morgan fingerprint density at radius 3 is 2.86 bits per heavy atom. The minimum Gasteiger partial charge on any atom is -0.483 e. The second kappa shape index (κ2) is 7.59. The summed E-state index contributed by atoms with van der Waals surface area (Å²) in [4.78, 5) is 12.7. The van der Waals surface area contributed by atoms with Gasteiger partial charge in [-0.05, 0) is 29.0 Å². The summed E-state index contributed by atoms with van der Waals surface area (Å²) in [5, 5.41) is 5.84. The first-order valence-corrected chi connectivity index (χ1v) is 7.62. The molecule has 1 aromatic carbocycles. The van der Waals surface area contributed by atoms with Gasteiger partial charge in [-0.25, -0.2) is 5.43 Å². The molecule has 0 spiro atoms. The lowest BCUT2D eigenvalue weighted by Gasteiger charge is -2.12. The lowest BCUT2D eigenvalue weighted by Crippen LogP contribution is -2.24. The number of hydrogen-bond acceptors (Lipinski definition) is 4. The van der Waals surface area contributed by atoms with Crippen molar-refractivity contribution in [3.8, 4) is 5.75 Å². The van der Waals surface area contributed by atoms with Crippen molar-refractivity contribution in [1.29, 1.82) is 0 Å². The Bertz CT molecular complexity index is 606. The molecule has 0 fully saturated rings. The normalized spacial score (nSPS) is 11.0. The fraction of sp³-hybridized carbons (Fsp3) is 0.250. The fourth-order valence-corrected chi connectivity index (χ4v) is 2.38. The monoisotopic (exact) mass is 302 g/mol. The topological polar surface area (TPSA) is 50.7 Å². The molecular weight excluding hydrogens is 284 g/mol. The maximum atomic E-state index is 11.7. The summed E-state index contributed by atoms with van der Waals surface area (Å²) in [5.41, 5.74) is 3.54. The van der Waals surface area contributed by atoms with E-state index in [1.54, 1.807) is 17.6 Å². The summed E-state index contributed by atoms with van der Waals surface area (Å²) >= 11 is 1.56. The Kier molecular flexibility index (Phi) is 5.51. The third-order valence-electron chi connectivity index (χ3n) is 2.82. The van der Waals surface area contributed by atoms with Crippen LogP contribution in [0, 0.1) is 0 Å². The summed E-state index contributed by atoms with van der Waals surface area (Å²) in [7, 11) is 0. The number of amides is 1. The minimum absolute atomic E-state index is 0.0501. The summed E-state index contributed by atoms with van der Waals surface area (Å²) < 4.78 is 5.56. The van der Waals surface area contributed by atoms with Gasteiger partial charge >= 0.3 is 0 Å². The van der Waals surface area contributed by atoms with Gasteiger partial charge in [-0.1, -0.05) is 38.1 Å². The molecule has 1 heterocycles. The van der Waals surface area contributed by atoms with Crippen LogP contribution in [-0.2, 0) is 4.79 Å². The van der Waals surface area contributed by atoms with Crippen LogP contribution in [0.3, 0.4) is 0 Å². The molecule has 1 amide bonds. The van der Waals surface area contributed by atoms with Crippen LogP contribution in [0.4, 0.5) is 0 Å². The molecule has 0 bridgehead atoms. The zero-order chi connectivity index (χ0) is 15.1. The number of carbonyl (C=O) groups excluding carboxylic acids is 1. The van der Waals surface area contributed by atoms with Crippen molar-refractivity contribution in [3.63, 3.8) is 0 Å². The van der Waals surface area contributed by atoms with Gasteiger partial charge in [0.2, 0.25) is 0 Å². The van der Waals surface area contributed by atoms with E-state index in [2.05, 4.69) is 24.4 Å². The number of rotatable bonds is 6. The van der Waals surface area contributed by atoms with E-state index in [1.165, 1.54) is 0 Å². The van der Waals surface area contributed by atoms with Crippen LogP contribution in [0.5, 0.6) is 5.75 Å². The van der Waals surface area contributed by atoms with Crippen molar-refractivity contribution in [2.75, 3.05) is 6.61 Å². The lowest BCUT2D eigenvalue weighted by atomic mass is 10.0. The van der Waals surface area contributed by atoms with E-state index < -0.39 is 0 Å². The van der Waals surface area contributed by atoms with Gasteiger partial charge in [0, 0.05) is 4.88 Å². The van der Waals surface area contributed by atoms with E-state index in [1.807, 2.05) is 41.8 Å².